The maximum atomic E-state index is 6.05. The van der Waals surface area contributed by atoms with Gasteiger partial charge in [-0.2, -0.15) is 11.8 Å². The van der Waals surface area contributed by atoms with Gasteiger partial charge < -0.3 is 4.57 Å². The first-order chi connectivity index (χ1) is 8.79. The molecule has 3 rings (SSSR count). The van der Waals surface area contributed by atoms with Gasteiger partial charge in [-0.3, -0.25) is 0 Å². The van der Waals surface area contributed by atoms with Gasteiger partial charge in [-0.15, -0.1) is 11.6 Å². The summed E-state index contributed by atoms with van der Waals surface area (Å²) in [6, 6.07) is 6.38. The Morgan fingerprint density at radius 1 is 1.50 bits per heavy atom. The van der Waals surface area contributed by atoms with E-state index in [-0.39, 0.29) is 0 Å². The Morgan fingerprint density at radius 3 is 3.11 bits per heavy atom. The number of hydrogen-bond acceptors (Lipinski definition) is 2. The number of para-hydroxylation sites is 1. The summed E-state index contributed by atoms with van der Waals surface area (Å²) in [5.41, 5.74) is 3.58. The first-order valence-corrected chi connectivity index (χ1v) is 8.07. The average molecular weight is 281 g/mol. The molecule has 2 nitrogen and oxygen atoms in total. The fraction of sp³-hybridized carbons (Fsp3) is 0.500. The lowest BCUT2D eigenvalue weighted by molar-refractivity contribution is 0.493. The van der Waals surface area contributed by atoms with Crippen LogP contribution in [0.2, 0.25) is 0 Å². The van der Waals surface area contributed by atoms with E-state index in [2.05, 4.69) is 41.5 Å². The van der Waals surface area contributed by atoms with Crippen molar-refractivity contribution in [1.29, 1.82) is 0 Å². The van der Waals surface area contributed by atoms with Crippen molar-refractivity contribution in [2.24, 2.45) is 5.92 Å². The van der Waals surface area contributed by atoms with E-state index < -0.39 is 0 Å². The van der Waals surface area contributed by atoms with Crippen molar-refractivity contribution < 1.29 is 0 Å². The molecule has 1 aliphatic rings. The second-order valence-electron chi connectivity index (χ2n) is 4.94. The van der Waals surface area contributed by atoms with Gasteiger partial charge in [0, 0.05) is 6.54 Å². The maximum absolute atomic E-state index is 6.05. The van der Waals surface area contributed by atoms with E-state index in [1.807, 2.05) is 0 Å². The third-order valence-electron chi connectivity index (χ3n) is 3.64. The lowest BCUT2D eigenvalue weighted by Gasteiger charge is -2.12. The topological polar surface area (TPSA) is 17.8 Å². The van der Waals surface area contributed by atoms with E-state index in [4.69, 9.17) is 16.6 Å². The first-order valence-electron chi connectivity index (χ1n) is 6.38. The highest BCUT2D eigenvalue weighted by atomic mass is 35.5. The smallest absolute Gasteiger partial charge is 0.124 e. The fourth-order valence-electron chi connectivity index (χ4n) is 2.63. The van der Waals surface area contributed by atoms with Gasteiger partial charge in [0.15, 0.2) is 0 Å². The zero-order chi connectivity index (χ0) is 12.5. The van der Waals surface area contributed by atoms with E-state index in [9.17, 15) is 0 Å². The van der Waals surface area contributed by atoms with Crippen LogP contribution < -0.4 is 0 Å². The van der Waals surface area contributed by atoms with Crippen LogP contribution in [0.1, 0.15) is 17.8 Å². The monoisotopic (exact) mass is 280 g/mol. The quantitative estimate of drug-likeness (QED) is 0.795. The molecule has 0 aliphatic carbocycles. The molecule has 18 heavy (non-hydrogen) atoms. The molecule has 0 radical (unpaired) electrons. The van der Waals surface area contributed by atoms with Crippen LogP contribution in [0.3, 0.4) is 0 Å². The van der Waals surface area contributed by atoms with Gasteiger partial charge in [-0.25, -0.2) is 4.98 Å². The second kappa shape index (κ2) is 5.14. The van der Waals surface area contributed by atoms with Gasteiger partial charge in [0.25, 0.3) is 0 Å². The van der Waals surface area contributed by atoms with E-state index in [0.717, 1.165) is 23.8 Å². The molecule has 0 bridgehead atoms. The van der Waals surface area contributed by atoms with Crippen molar-refractivity contribution in [2.45, 2.75) is 25.8 Å². The number of alkyl halides is 1. The average Bonchev–Trinajstić information content (AvgIpc) is 2.99. The molecule has 0 amide bonds. The zero-order valence-electron chi connectivity index (χ0n) is 10.5. The fourth-order valence-corrected chi connectivity index (χ4v) is 4.10. The second-order valence-corrected chi connectivity index (χ2v) is 6.36. The molecule has 1 unspecified atom stereocenters. The lowest BCUT2D eigenvalue weighted by atomic mass is 10.1. The Bertz CT molecular complexity index is 558. The Balaban J connectivity index is 2.04. The van der Waals surface area contributed by atoms with Crippen molar-refractivity contribution in [2.75, 3.05) is 11.5 Å². The van der Waals surface area contributed by atoms with Crippen molar-refractivity contribution >= 4 is 34.4 Å². The zero-order valence-corrected chi connectivity index (χ0v) is 12.1. The molecule has 1 saturated heterocycles. The summed E-state index contributed by atoms with van der Waals surface area (Å²) in [5, 5.41) is 0. The van der Waals surface area contributed by atoms with Crippen LogP contribution in [0, 0.1) is 12.8 Å². The summed E-state index contributed by atoms with van der Waals surface area (Å²) in [6.45, 7) is 3.18. The molecule has 4 heteroatoms. The molecule has 96 valence electrons. The summed E-state index contributed by atoms with van der Waals surface area (Å²) in [4.78, 5) is 4.70. The SMILES string of the molecule is Cc1cccc2c1nc(CCl)n2CC1CCSC1. The summed E-state index contributed by atoms with van der Waals surface area (Å²) < 4.78 is 2.33. The number of aromatic nitrogens is 2. The van der Waals surface area contributed by atoms with Crippen LogP contribution in [0.4, 0.5) is 0 Å². The maximum Gasteiger partial charge on any atom is 0.124 e. The number of imidazole rings is 1. The van der Waals surface area contributed by atoms with E-state index in [1.165, 1.54) is 29.0 Å². The van der Waals surface area contributed by atoms with Gasteiger partial charge >= 0.3 is 0 Å². The predicted molar refractivity (Wildman–Crippen MR) is 79.5 cm³/mol. The highest BCUT2D eigenvalue weighted by Gasteiger charge is 2.19. The number of hydrogen-bond donors (Lipinski definition) is 0. The minimum atomic E-state index is 0.494. The minimum Gasteiger partial charge on any atom is -0.327 e. The normalized spacial score (nSPS) is 19.8. The number of aryl methyl sites for hydroxylation is 1. The first kappa shape index (κ1) is 12.4. The summed E-state index contributed by atoms with van der Waals surface area (Å²) in [6.07, 6.45) is 1.32. The molecular formula is C14H17ClN2S. The summed E-state index contributed by atoms with van der Waals surface area (Å²) in [7, 11) is 0. The minimum absolute atomic E-state index is 0.494. The molecule has 0 N–H and O–H groups in total. The van der Waals surface area contributed by atoms with Gasteiger partial charge in [0.05, 0.1) is 16.9 Å². The van der Waals surface area contributed by atoms with Crippen LogP contribution in [-0.2, 0) is 12.4 Å². The van der Waals surface area contributed by atoms with Crippen LogP contribution in [0.5, 0.6) is 0 Å². The van der Waals surface area contributed by atoms with Crippen molar-refractivity contribution in [3.05, 3.63) is 29.6 Å². The molecule has 1 aliphatic heterocycles. The van der Waals surface area contributed by atoms with Crippen molar-refractivity contribution in [3.8, 4) is 0 Å². The number of thioether (sulfide) groups is 1. The summed E-state index contributed by atoms with van der Waals surface area (Å²) in [5.74, 6) is 4.85. The molecule has 0 spiro atoms. The number of nitrogens with zero attached hydrogens (tertiary/aromatic N) is 2. The van der Waals surface area contributed by atoms with Crippen molar-refractivity contribution in [1.82, 2.24) is 9.55 Å². The van der Waals surface area contributed by atoms with Gasteiger partial charge in [0.2, 0.25) is 0 Å². The summed E-state index contributed by atoms with van der Waals surface area (Å²) >= 11 is 8.11. The molecule has 1 aromatic heterocycles. The van der Waals surface area contributed by atoms with Crippen LogP contribution >= 0.6 is 23.4 Å². The molecule has 2 heterocycles. The van der Waals surface area contributed by atoms with Gasteiger partial charge in [0.1, 0.15) is 5.82 Å². The molecule has 1 aromatic carbocycles. The molecular weight excluding hydrogens is 264 g/mol. The Kier molecular flexibility index (Phi) is 3.53. The van der Waals surface area contributed by atoms with Crippen LogP contribution in [0.25, 0.3) is 11.0 Å². The standard InChI is InChI=1S/C14H17ClN2S/c1-10-3-2-4-12-14(10)16-13(7-15)17(12)8-11-5-6-18-9-11/h2-4,11H,5-9H2,1H3. The number of benzene rings is 1. The molecule has 0 saturated carbocycles. The Labute approximate surface area is 117 Å². The third-order valence-corrected chi connectivity index (χ3v) is 5.11. The van der Waals surface area contributed by atoms with Crippen molar-refractivity contribution in [3.63, 3.8) is 0 Å². The number of fused-ring (bicyclic) bond motifs is 1. The Morgan fingerprint density at radius 2 is 2.39 bits per heavy atom. The lowest BCUT2D eigenvalue weighted by Crippen LogP contribution is -2.12. The molecule has 2 aromatic rings. The van der Waals surface area contributed by atoms with E-state index >= 15 is 0 Å². The third kappa shape index (κ3) is 2.14. The van der Waals surface area contributed by atoms with E-state index in [1.54, 1.807) is 0 Å². The predicted octanol–water partition coefficient (Wildman–Crippen LogP) is 3.84. The highest BCUT2D eigenvalue weighted by Crippen LogP contribution is 2.28. The van der Waals surface area contributed by atoms with Crippen LogP contribution in [0.15, 0.2) is 18.2 Å². The number of halogens is 1. The van der Waals surface area contributed by atoms with Gasteiger partial charge in [-0.1, -0.05) is 12.1 Å². The van der Waals surface area contributed by atoms with Crippen LogP contribution in [-0.4, -0.2) is 21.1 Å². The van der Waals surface area contributed by atoms with E-state index in [0.29, 0.717) is 5.88 Å². The number of rotatable bonds is 3. The molecule has 1 atom stereocenters. The highest BCUT2D eigenvalue weighted by molar-refractivity contribution is 7.99. The molecule has 1 fully saturated rings. The Hall–Kier alpha value is -0.670. The largest absolute Gasteiger partial charge is 0.327 e. The van der Waals surface area contributed by atoms with Gasteiger partial charge in [-0.05, 0) is 42.4 Å².